The maximum absolute atomic E-state index is 12.5. The van der Waals surface area contributed by atoms with Crippen LogP contribution in [0.25, 0.3) is 27.9 Å². The fourth-order valence-corrected chi connectivity index (χ4v) is 4.33. The lowest BCUT2D eigenvalue weighted by Crippen LogP contribution is -2.11. The van der Waals surface area contributed by atoms with Gasteiger partial charge in [0.05, 0.1) is 20.1 Å². The van der Waals surface area contributed by atoms with Crippen molar-refractivity contribution in [1.82, 2.24) is 24.6 Å². The number of aromatic nitrogens is 5. The minimum Gasteiger partial charge on any atom is -0.319 e. The van der Waals surface area contributed by atoms with E-state index in [1.807, 2.05) is 24.3 Å². The second-order valence-corrected chi connectivity index (χ2v) is 9.26. The van der Waals surface area contributed by atoms with Crippen LogP contribution in [0.4, 0.5) is 11.6 Å². The van der Waals surface area contributed by atoms with Crippen molar-refractivity contribution in [2.24, 2.45) is 0 Å². The minimum atomic E-state index is -3.00. The maximum atomic E-state index is 12.5. The van der Waals surface area contributed by atoms with Crippen LogP contribution in [-0.4, -0.2) is 35.0 Å². The second-order valence-electron chi connectivity index (χ2n) is 7.14. The summed E-state index contributed by atoms with van der Waals surface area (Å²) < 4.78 is 22.1. The van der Waals surface area contributed by atoms with E-state index in [0.29, 0.717) is 27.4 Å². The highest BCUT2D eigenvalue weighted by Crippen LogP contribution is 2.28. The predicted octanol–water partition coefficient (Wildman–Crippen LogP) is 3.48. The van der Waals surface area contributed by atoms with Gasteiger partial charge in [0.15, 0.2) is 11.5 Å². The number of hydrogen-bond acceptors (Lipinski definition) is 8. The Morgan fingerprint density at radius 2 is 1.72 bits per heavy atom. The zero-order chi connectivity index (χ0) is 22.3. The van der Waals surface area contributed by atoms with Gasteiger partial charge in [-0.05, 0) is 36.4 Å². The van der Waals surface area contributed by atoms with E-state index >= 15 is 0 Å². The summed E-state index contributed by atoms with van der Waals surface area (Å²) in [6.07, 6.45) is 2.79. The molecule has 2 N–H and O–H groups in total. The molecule has 0 radical (unpaired) electrons. The normalized spacial score (nSPS) is 13.2. The van der Waals surface area contributed by atoms with E-state index < -0.39 is 15.3 Å². The summed E-state index contributed by atoms with van der Waals surface area (Å²) in [5, 5.41) is 8.38. The summed E-state index contributed by atoms with van der Waals surface area (Å²) in [6, 6.07) is 19.3. The Morgan fingerprint density at radius 1 is 0.969 bits per heavy atom. The zero-order valence-corrected chi connectivity index (χ0v) is 17.7. The molecule has 32 heavy (non-hydrogen) atoms. The van der Waals surface area contributed by atoms with E-state index in [1.54, 1.807) is 42.5 Å². The molecular formula is C22H17N7O2S. The molecular weight excluding hydrogens is 426 g/mol. The Labute approximate surface area is 182 Å². The average molecular weight is 443 g/mol. The Balaban J connectivity index is 1.79. The molecule has 0 bridgehead atoms. The number of rotatable bonds is 4. The quantitative estimate of drug-likeness (QED) is 0.435. The third-order valence-electron chi connectivity index (χ3n) is 4.86. The first-order chi connectivity index (χ1) is 15.4. The van der Waals surface area contributed by atoms with Crippen LogP contribution in [0.2, 0.25) is 0 Å². The first-order valence-corrected chi connectivity index (χ1v) is 11.6. The SMILES string of the molecule is C[S@](=N)(=O)c1ccccc1-c1nc2c3ccccc3nc(Nc3ccccnc3=O)n2n1. The summed E-state index contributed by atoms with van der Waals surface area (Å²) in [4.78, 5) is 25.8. The Kier molecular flexibility index (Phi) is 4.63. The van der Waals surface area contributed by atoms with Crippen molar-refractivity contribution < 1.29 is 4.21 Å². The van der Waals surface area contributed by atoms with Gasteiger partial charge in [-0.25, -0.2) is 23.9 Å². The fraction of sp³-hybridized carbons (Fsp3) is 0.0455. The molecule has 0 saturated heterocycles. The number of fused-ring (bicyclic) bond motifs is 3. The molecule has 0 spiro atoms. The van der Waals surface area contributed by atoms with Gasteiger partial charge < -0.3 is 5.32 Å². The number of para-hydroxylation sites is 1. The highest BCUT2D eigenvalue weighted by Gasteiger charge is 2.19. The number of nitrogens with zero attached hydrogens (tertiary/aromatic N) is 5. The van der Waals surface area contributed by atoms with E-state index in [9.17, 15) is 9.00 Å². The monoisotopic (exact) mass is 443 g/mol. The van der Waals surface area contributed by atoms with Crippen molar-refractivity contribution in [3.8, 4) is 11.4 Å². The summed E-state index contributed by atoms with van der Waals surface area (Å²) in [7, 11) is -3.00. The summed E-state index contributed by atoms with van der Waals surface area (Å²) in [5.74, 6) is 0.589. The average Bonchev–Trinajstić information content (AvgIpc) is 3.13. The number of hydrogen-bond donors (Lipinski definition) is 2. The molecule has 2 aromatic carbocycles. The summed E-state index contributed by atoms with van der Waals surface area (Å²) in [6.45, 7) is 0. The number of nitrogens with one attached hydrogen (secondary N) is 2. The van der Waals surface area contributed by atoms with Gasteiger partial charge in [0.25, 0.3) is 5.56 Å². The van der Waals surface area contributed by atoms with Crippen LogP contribution in [0.5, 0.6) is 0 Å². The van der Waals surface area contributed by atoms with Crippen LogP contribution in [-0.2, 0) is 9.73 Å². The highest BCUT2D eigenvalue weighted by molar-refractivity contribution is 7.91. The lowest BCUT2D eigenvalue weighted by molar-refractivity contribution is 0.679. The van der Waals surface area contributed by atoms with Gasteiger partial charge in [-0.1, -0.05) is 30.3 Å². The standard InChI is InChI=1S/C22H17N7O2S/c1-32(23,31)18-12-5-3-9-15(18)19-27-20-14-8-2-4-10-16(14)25-22(29(20)28-19)26-17-11-6-7-13-24-21(17)30/h2-13,23H,1H3,(H,24,25,26,30)/t32-/m0/s1. The Bertz CT molecular complexity index is 1660. The molecule has 3 heterocycles. The molecule has 0 aliphatic rings. The van der Waals surface area contributed by atoms with E-state index in [2.05, 4.69) is 20.4 Å². The zero-order valence-electron chi connectivity index (χ0n) is 16.9. The summed E-state index contributed by atoms with van der Waals surface area (Å²) >= 11 is 0. The smallest absolute Gasteiger partial charge is 0.293 e. The van der Waals surface area contributed by atoms with Crippen LogP contribution in [0.1, 0.15) is 0 Å². The van der Waals surface area contributed by atoms with Crippen LogP contribution in [0, 0.1) is 4.78 Å². The first kappa shape index (κ1) is 19.8. The predicted molar refractivity (Wildman–Crippen MR) is 123 cm³/mol. The first-order valence-electron chi connectivity index (χ1n) is 9.63. The summed E-state index contributed by atoms with van der Waals surface area (Å²) in [5.41, 5.74) is 1.47. The molecule has 1 atom stereocenters. The van der Waals surface area contributed by atoms with E-state index in [0.717, 1.165) is 5.39 Å². The van der Waals surface area contributed by atoms with Crippen LogP contribution in [0.15, 0.2) is 82.6 Å². The molecule has 9 nitrogen and oxygen atoms in total. The Hall–Kier alpha value is -4.18. The van der Waals surface area contributed by atoms with Gasteiger partial charge >= 0.3 is 0 Å². The van der Waals surface area contributed by atoms with Crippen molar-refractivity contribution in [3.63, 3.8) is 0 Å². The number of anilines is 2. The topological polar surface area (TPSA) is 126 Å². The molecule has 0 amide bonds. The van der Waals surface area contributed by atoms with Gasteiger partial charge in [0, 0.05) is 23.4 Å². The van der Waals surface area contributed by atoms with Gasteiger partial charge in [-0.15, -0.1) is 5.10 Å². The lowest BCUT2D eigenvalue weighted by Gasteiger charge is -2.07. The molecule has 5 rings (SSSR count). The third-order valence-corrected chi connectivity index (χ3v) is 6.05. The van der Waals surface area contributed by atoms with Crippen molar-refractivity contribution >= 4 is 37.9 Å². The molecule has 10 heteroatoms. The number of benzene rings is 2. The molecule has 0 saturated carbocycles. The molecule has 0 fully saturated rings. The molecule has 0 unspecified atom stereocenters. The third kappa shape index (κ3) is 3.46. The van der Waals surface area contributed by atoms with Gasteiger partial charge in [-0.3, -0.25) is 4.79 Å². The van der Waals surface area contributed by atoms with E-state index in [-0.39, 0.29) is 11.6 Å². The minimum absolute atomic E-state index is 0.235. The van der Waals surface area contributed by atoms with Gasteiger partial charge in [0.2, 0.25) is 5.95 Å². The van der Waals surface area contributed by atoms with Crippen LogP contribution < -0.4 is 10.9 Å². The highest BCUT2D eigenvalue weighted by atomic mass is 32.2. The lowest BCUT2D eigenvalue weighted by atomic mass is 10.2. The van der Waals surface area contributed by atoms with Gasteiger partial charge in [0.1, 0.15) is 5.69 Å². The van der Waals surface area contributed by atoms with Gasteiger partial charge in [-0.2, -0.15) is 4.52 Å². The van der Waals surface area contributed by atoms with Crippen molar-refractivity contribution in [3.05, 3.63) is 83.3 Å². The fourth-order valence-electron chi connectivity index (χ4n) is 3.41. The second kappa shape index (κ2) is 7.50. The maximum Gasteiger partial charge on any atom is 0.293 e. The van der Waals surface area contributed by atoms with Crippen molar-refractivity contribution in [1.29, 1.82) is 4.78 Å². The molecule has 0 aliphatic carbocycles. The van der Waals surface area contributed by atoms with Crippen molar-refractivity contribution in [2.75, 3.05) is 11.6 Å². The van der Waals surface area contributed by atoms with Crippen molar-refractivity contribution in [2.45, 2.75) is 4.90 Å². The molecule has 5 aromatic rings. The largest absolute Gasteiger partial charge is 0.319 e. The van der Waals surface area contributed by atoms with E-state index in [1.165, 1.54) is 17.0 Å². The Morgan fingerprint density at radius 3 is 2.56 bits per heavy atom. The van der Waals surface area contributed by atoms with Crippen LogP contribution >= 0.6 is 0 Å². The van der Waals surface area contributed by atoms with Crippen LogP contribution in [0.3, 0.4) is 0 Å². The molecule has 3 aromatic heterocycles. The molecule has 0 aliphatic heterocycles. The van der Waals surface area contributed by atoms with E-state index in [4.69, 9.17) is 9.76 Å². The molecule has 158 valence electrons.